The number of hydrogen-bond acceptors (Lipinski definition) is 3. The molecule has 0 aromatic rings. The Bertz CT molecular complexity index is 207. The van der Waals surface area contributed by atoms with Crippen LogP contribution in [0.15, 0.2) is 11.6 Å². The van der Waals surface area contributed by atoms with Crippen molar-refractivity contribution in [3.63, 3.8) is 0 Å². The van der Waals surface area contributed by atoms with Gasteiger partial charge in [0.25, 0.3) is 0 Å². The minimum Gasteiger partial charge on any atom is -0.478 e. The van der Waals surface area contributed by atoms with Crippen molar-refractivity contribution >= 4 is 5.97 Å². The molecule has 1 heterocycles. The molecule has 1 N–H and O–H groups in total. The van der Waals surface area contributed by atoms with Crippen LogP contribution >= 0.6 is 0 Å². The number of ether oxygens (including phenoxy) is 1. The van der Waals surface area contributed by atoms with Crippen molar-refractivity contribution in [3.05, 3.63) is 11.6 Å². The third-order valence-corrected chi connectivity index (χ3v) is 1.95. The predicted molar refractivity (Wildman–Crippen MR) is 48.7 cm³/mol. The smallest absolute Gasteiger partial charge is 0.328 e. The molecule has 0 amide bonds. The SMILES string of the molecule is CC(=CC(=O)O)CN1CCOCC1. The first kappa shape index (κ1) is 10.2. The molecule has 0 radical (unpaired) electrons. The van der Waals surface area contributed by atoms with Crippen LogP contribution in [0, 0.1) is 0 Å². The molecule has 1 rings (SSSR count). The van der Waals surface area contributed by atoms with Crippen molar-refractivity contribution in [2.24, 2.45) is 0 Å². The van der Waals surface area contributed by atoms with E-state index < -0.39 is 5.97 Å². The maximum atomic E-state index is 10.3. The van der Waals surface area contributed by atoms with E-state index in [1.54, 1.807) is 0 Å². The van der Waals surface area contributed by atoms with Gasteiger partial charge < -0.3 is 9.84 Å². The van der Waals surface area contributed by atoms with Crippen molar-refractivity contribution in [2.75, 3.05) is 32.8 Å². The second-order valence-electron chi connectivity index (χ2n) is 3.22. The average Bonchev–Trinajstić information content (AvgIpc) is 2.04. The van der Waals surface area contributed by atoms with Gasteiger partial charge in [-0.1, -0.05) is 5.57 Å². The number of morpholine rings is 1. The van der Waals surface area contributed by atoms with E-state index in [4.69, 9.17) is 9.84 Å². The minimum atomic E-state index is -0.870. The van der Waals surface area contributed by atoms with Gasteiger partial charge >= 0.3 is 5.97 Å². The topological polar surface area (TPSA) is 49.8 Å². The van der Waals surface area contributed by atoms with Gasteiger partial charge in [0.15, 0.2) is 0 Å². The van der Waals surface area contributed by atoms with Gasteiger partial charge in [-0.2, -0.15) is 0 Å². The van der Waals surface area contributed by atoms with Crippen LogP contribution in [0.1, 0.15) is 6.92 Å². The molecular weight excluding hydrogens is 170 g/mol. The molecular formula is C9H15NO3. The molecule has 0 bridgehead atoms. The molecule has 0 aromatic heterocycles. The van der Waals surface area contributed by atoms with E-state index in [0.29, 0.717) is 0 Å². The number of carboxylic acids is 1. The van der Waals surface area contributed by atoms with Crippen LogP contribution in [0.25, 0.3) is 0 Å². The Hall–Kier alpha value is -0.870. The van der Waals surface area contributed by atoms with Crippen LogP contribution in [0.3, 0.4) is 0 Å². The maximum absolute atomic E-state index is 10.3. The number of rotatable bonds is 3. The van der Waals surface area contributed by atoms with Gasteiger partial charge in [0.05, 0.1) is 13.2 Å². The standard InChI is InChI=1S/C9H15NO3/c1-8(6-9(11)12)7-10-2-4-13-5-3-10/h6H,2-5,7H2,1H3,(H,11,12). The molecule has 1 fully saturated rings. The monoisotopic (exact) mass is 185 g/mol. The highest BCUT2D eigenvalue weighted by Crippen LogP contribution is 2.01. The lowest BCUT2D eigenvalue weighted by atomic mass is 10.2. The zero-order valence-electron chi connectivity index (χ0n) is 7.82. The van der Waals surface area contributed by atoms with Crippen molar-refractivity contribution in [3.8, 4) is 0 Å². The lowest BCUT2D eigenvalue weighted by Gasteiger charge is -2.26. The number of carboxylic acid groups (broad SMARTS) is 1. The van der Waals surface area contributed by atoms with Gasteiger partial charge in [-0.25, -0.2) is 4.79 Å². The van der Waals surface area contributed by atoms with E-state index >= 15 is 0 Å². The number of carbonyl (C=O) groups is 1. The van der Waals surface area contributed by atoms with Crippen LogP contribution in [-0.2, 0) is 9.53 Å². The largest absolute Gasteiger partial charge is 0.478 e. The van der Waals surface area contributed by atoms with Gasteiger partial charge in [0, 0.05) is 25.7 Å². The summed E-state index contributed by atoms with van der Waals surface area (Å²) in [4.78, 5) is 12.5. The quantitative estimate of drug-likeness (QED) is 0.644. The van der Waals surface area contributed by atoms with Crippen LogP contribution in [0.2, 0.25) is 0 Å². The highest BCUT2D eigenvalue weighted by atomic mass is 16.5. The number of aliphatic carboxylic acids is 1. The summed E-state index contributed by atoms with van der Waals surface area (Å²) in [6.45, 7) is 5.86. The van der Waals surface area contributed by atoms with Gasteiger partial charge in [0.2, 0.25) is 0 Å². The van der Waals surface area contributed by atoms with E-state index in [-0.39, 0.29) is 0 Å². The van der Waals surface area contributed by atoms with Crippen LogP contribution in [0.4, 0.5) is 0 Å². The predicted octanol–water partition coefficient (Wildman–Crippen LogP) is 0.350. The molecule has 0 aliphatic carbocycles. The molecule has 1 aliphatic heterocycles. The summed E-state index contributed by atoms with van der Waals surface area (Å²) in [7, 11) is 0. The fraction of sp³-hybridized carbons (Fsp3) is 0.667. The van der Waals surface area contributed by atoms with E-state index in [1.165, 1.54) is 6.08 Å². The van der Waals surface area contributed by atoms with E-state index in [0.717, 1.165) is 38.4 Å². The third-order valence-electron chi connectivity index (χ3n) is 1.95. The highest BCUT2D eigenvalue weighted by molar-refractivity contribution is 5.80. The zero-order valence-corrected chi connectivity index (χ0v) is 7.82. The van der Waals surface area contributed by atoms with Crippen LogP contribution in [-0.4, -0.2) is 48.8 Å². The molecule has 4 heteroatoms. The van der Waals surface area contributed by atoms with Gasteiger partial charge in [-0.05, 0) is 6.92 Å². The van der Waals surface area contributed by atoms with E-state index in [1.807, 2.05) is 6.92 Å². The first-order chi connectivity index (χ1) is 6.18. The third kappa shape index (κ3) is 4.05. The molecule has 4 nitrogen and oxygen atoms in total. The lowest BCUT2D eigenvalue weighted by Crippen LogP contribution is -2.37. The summed E-state index contributed by atoms with van der Waals surface area (Å²) in [6.07, 6.45) is 1.26. The zero-order chi connectivity index (χ0) is 9.68. The Morgan fingerprint density at radius 3 is 2.69 bits per heavy atom. The molecule has 0 atom stereocenters. The number of hydrogen-bond donors (Lipinski definition) is 1. The lowest BCUT2D eigenvalue weighted by molar-refractivity contribution is -0.131. The summed E-state index contributed by atoms with van der Waals surface area (Å²) in [5, 5.41) is 8.49. The Morgan fingerprint density at radius 1 is 1.54 bits per heavy atom. The summed E-state index contributed by atoms with van der Waals surface area (Å²) in [6, 6.07) is 0. The molecule has 74 valence electrons. The normalized spacial score (nSPS) is 20.2. The van der Waals surface area contributed by atoms with Crippen molar-refractivity contribution in [2.45, 2.75) is 6.92 Å². The van der Waals surface area contributed by atoms with Gasteiger partial charge in [-0.15, -0.1) is 0 Å². The van der Waals surface area contributed by atoms with Crippen LogP contribution < -0.4 is 0 Å². The summed E-state index contributed by atoms with van der Waals surface area (Å²) >= 11 is 0. The summed E-state index contributed by atoms with van der Waals surface area (Å²) < 4.78 is 5.18. The number of nitrogens with zero attached hydrogens (tertiary/aromatic N) is 1. The summed E-state index contributed by atoms with van der Waals surface area (Å²) in [5.74, 6) is -0.870. The molecule has 1 saturated heterocycles. The molecule has 13 heavy (non-hydrogen) atoms. The Labute approximate surface area is 77.8 Å². The minimum absolute atomic E-state index is 0.732. The first-order valence-electron chi connectivity index (χ1n) is 4.38. The fourth-order valence-corrected chi connectivity index (χ4v) is 1.37. The van der Waals surface area contributed by atoms with Crippen molar-refractivity contribution in [1.82, 2.24) is 4.90 Å². The van der Waals surface area contributed by atoms with Crippen LogP contribution in [0.5, 0.6) is 0 Å². The summed E-state index contributed by atoms with van der Waals surface area (Å²) in [5.41, 5.74) is 0.884. The molecule has 0 spiro atoms. The highest BCUT2D eigenvalue weighted by Gasteiger charge is 2.10. The van der Waals surface area contributed by atoms with E-state index in [2.05, 4.69) is 4.90 Å². The maximum Gasteiger partial charge on any atom is 0.328 e. The Kier molecular flexibility index (Phi) is 3.92. The Balaban J connectivity index is 2.33. The second-order valence-corrected chi connectivity index (χ2v) is 3.22. The molecule has 1 aliphatic rings. The van der Waals surface area contributed by atoms with Gasteiger partial charge in [0.1, 0.15) is 0 Å². The first-order valence-corrected chi connectivity index (χ1v) is 4.38. The van der Waals surface area contributed by atoms with Crippen molar-refractivity contribution < 1.29 is 14.6 Å². The molecule has 0 aromatic carbocycles. The molecule has 0 unspecified atom stereocenters. The van der Waals surface area contributed by atoms with Crippen molar-refractivity contribution in [1.29, 1.82) is 0 Å². The van der Waals surface area contributed by atoms with E-state index in [9.17, 15) is 4.79 Å². The Morgan fingerprint density at radius 2 is 2.15 bits per heavy atom. The van der Waals surface area contributed by atoms with Gasteiger partial charge in [-0.3, -0.25) is 4.90 Å². The average molecular weight is 185 g/mol. The fourth-order valence-electron chi connectivity index (χ4n) is 1.37. The molecule has 0 saturated carbocycles. The second kappa shape index (κ2) is 4.99.